The van der Waals surface area contributed by atoms with Gasteiger partial charge in [0.25, 0.3) is 0 Å². The van der Waals surface area contributed by atoms with Gasteiger partial charge in [0.15, 0.2) is 0 Å². The molecular formula is C24H27N5O2. The average molecular weight is 418 g/mol. The second-order valence-corrected chi connectivity index (χ2v) is 8.01. The van der Waals surface area contributed by atoms with Crippen molar-refractivity contribution in [3.05, 3.63) is 65.1 Å². The van der Waals surface area contributed by atoms with Crippen molar-refractivity contribution in [2.45, 2.75) is 39.9 Å². The number of rotatable bonds is 5. The molecule has 0 aliphatic carbocycles. The fraction of sp³-hybridized carbons (Fsp3) is 0.333. The number of aromatic nitrogens is 2. The van der Waals surface area contributed by atoms with Crippen molar-refractivity contribution in [3.8, 4) is 0 Å². The molecule has 0 fully saturated rings. The third kappa shape index (κ3) is 4.41. The zero-order chi connectivity index (χ0) is 22.0. The van der Waals surface area contributed by atoms with E-state index in [1.165, 1.54) is 10.5 Å². The van der Waals surface area contributed by atoms with Crippen LogP contribution < -0.4 is 5.32 Å². The molecule has 31 heavy (non-hydrogen) atoms. The molecule has 2 aromatic carbocycles. The Morgan fingerprint density at radius 1 is 1.10 bits per heavy atom. The smallest absolute Gasteiger partial charge is 0.313 e. The van der Waals surface area contributed by atoms with Crippen LogP contribution >= 0.6 is 0 Å². The number of anilines is 1. The van der Waals surface area contributed by atoms with Crippen LogP contribution in [0.25, 0.3) is 10.9 Å². The van der Waals surface area contributed by atoms with Gasteiger partial charge in [-0.15, -0.1) is 0 Å². The van der Waals surface area contributed by atoms with Crippen LogP contribution in [-0.2, 0) is 29.2 Å². The summed E-state index contributed by atoms with van der Waals surface area (Å²) in [5.41, 5.74) is 4.68. The maximum absolute atomic E-state index is 12.7. The van der Waals surface area contributed by atoms with E-state index in [1.54, 1.807) is 7.05 Å². The van der Waals surface area contributed by atoms with Gasteiger partial charge in [-0.1, -0.05) is 37.3 Å². The van der Waals surface area contributed by atoms with Crippen molar-refractivity contribution in [2.75, 3.05) is 18.9 Å². The topological polar surface area (TPSA) is 78.4 Å². The lowest BCUT2D eigenvalue weighted by atomic mass is 10.1. The highest BCUT2D eigenvalue weighted by Gasteiger charge is 2.25. The number of fused-ring (bicyclic) bond motifs is 2. The van der Waals surface area contributed by atoms with E-state index in [2.05, 4.69) is 33.2 Å². The van der Waals surface area contributed by atoms with Crippen molar-refractivity contribution in [1.29, 1.82) is 0 Å². The molecule has 7 nitrogen and oxygen atoms in total. The van der Waals surface area contributed by atoms with E-state index in [0.717, 1.165) is 48.2 Å². The number of nitrogens with zero attached hydrogens (tertiary/aromatic N) is 4. The summed E-state index contributed by atoms with van der Waals surface area (Å²) in [4.78, 5) is 38.1. The molecular weight excluding hydrogens is 390 g/mol. The minimum Gasteiger partial charge on any atom is -0.330 e. The summed E-state index contributed by atoms with van der Waals surface area (Å²) in [6.45, 7) is 6.90. The molecule has 0 spiro atoms. The largest absolute Gasteiger partial charge is 0.330 e. The minimum absolute atomic E-state index is 0.162. The van der Waals surface area contributed by atoms with Crippen LogP contribution in [0.4, 0.5) is 5.69 Å². The van der Waals surface area contributed by atoms with Gasteiger partial charge in [-0.25, -0.2) is 9.97 Å². The summed E-state index contributed by atoms with van der Waals surface area (Å²) in [6, 6.07) is 13.6. The summed E-state index contributed by atoms with van der Waals surface area (Å²) < 4.78 is 0. The molecule has 4 rings (SSSR count). The maximum Gasteiger partial charge on any atom is 0.313 e. The Balaban J connectivity index is 1.45. The summed E-state index contributed by atoms with van der Waals surface area (Å²) in [5.74, 6) is -0.756. The number of carbonyl (C=O) groups is 2. The molecule has 1 aromatic heterocycles. The molecule has 7 heteroatoms. The SMILES string of the molecule is CCCN1Cc2cccc(NC(=O)C(=O)N(C)Cc3nc(C)c4ccccc4n3)c2C1. The van der Waals surface area contributed by atoms with E-state index in [4.69, 9.17) is 0 Å². The molecule has 1 N–H and O–H groups in total. The molecule has 0 bridgehead atoms. The highest BCUT2D eigenvalue weighted by atomic mass is 16.2. The van der Waals surface area contributed by atoms with E-state index in [1.807, 2.05) is 43.3 Å². The van der Waals surface area contributed by atoms with E-state index in [0.29, 0.717) is 11.5 Å². The van der Waals surface area contributed by atoms with E-state index < -0.39 is 11.8 Å². The number of nitrogens with one attached hydrogen (secondary N) is 1. The van der Waals surface area contributed by atoms with Crippen molar-refractivity contribution in [3.63, 3.8) is 0 Å². The summed E-state index contributed by atoms with van der Waals surface area (Å²) in [6.07, 6.45) is 1.08. The van der Waals surface area contributed by atoms with Crippen molar-refractivity contribution >= 4 is 28.4 Å². The van der Waals surface area contributed by atoms with Gasteiger partial charge in [0.05, 0.1) is 12.1 Å². The molecule has 160 valence electrons. The number of hydrogen-bond acceptors (Lipinski definition) is 5. The van der Waals surface area contributed by atoms with Gasteiger partial charge in [-0.2, -0.15) is 0 Å². The van der Waals surface area contributed by atoms with Crippen molar-refractivity contribution < 1.29 is 9.59 Å². The monoisotopic (exact) mass is 417 g/mol. The lowest BCUT2D eigenvalue weighted by molar-refractivity contribution is -0.142. The van der Waals surface area contributed by atoms with Crippen molar-refractivity contribution in [2.24, 2.45) is 0 Å². The minimum atomic E-state index is -0.651. The van der Waals surface area contributed by atoms with Crippen LogP contribution in [0.5, 0.6) is 0 Å². The summed E-state index contributed by atoms with van der Waals surface area (Å²) >= 11 is 0. The molecule has 1 aliphatic rings. The van der Waals surface area contributed by atoms with Gasteiger partial charge >= 0.3 is 11.8 Å². The quantitative estimate of drug-likeness (QED) is 0.645. The third-order valence-electron chi connectivity index (χ3n) is 5.60. The Bertz CT molecular complexity index is 1140. The number of para-hydroxylation sites is 1. The number of benzene rings is 2. The standard InChI is InChI=1S/C24H27N5O2/c1-4-12-29-13-17-8-7-11-21(19(17)14-29)27-23(30)24(31)28(3)15-22-25-16(2)18-9-5-6-10-20(18)26-22/h5-11H,4,12-15H2,1-3H3,(H,27,30). The summed E-state index contributed by atoms with van der Waals surface area (Å²) in [5, 5.41) is 3.79. The van der Waals surface area contributed by atoms with Gasteiger partial charge in [0.1, 0.15) is 5.82 Å². The Morgan fingerprint density at radius 3 is 2.71 bits per heavy atom. The number of aryl methyl sites for hydroxylation is 1. The lowest BCUT2D eigenvalue weighted by Crippen LogP contribution is -2.37. The molecule has 0 radical (unpaired) electrons. The zero-order valence-electron chi connectivity index (χ0n) is 18.2. The van der Waals surface area contributed by atoms with Crippen molar-refractivity contribution in [1.82, 2.24) is 19.8 Å². The highest BCUT2D eigenvalue weighted by molar-refractivity contribution is 6.39. The molecule has 0 atom stereocenters. The first-order chi connectivity index (χ1) is 15.0. The fourth-order valence-corrected chi connectivity index (χ4v) is 4.08. The molecule has 3 aromatic rings. The molecule has 1 aliphatic heterocycles. The fourth-order valence-electron chi connectivity index (χ4n) is 4.08. The van der Waals surface area contributed by atoms with Gasteiger partial charge in [-0.05, 0) is 43.1 Å². The van der Waals surface area contributed by atoms with Crippen LogP contribution in [0.1, 0.15) is 36.0 Å². The summed E-state index contributed by atoms with van der Waals surface area (Å²) in [7, 11) is 1.59. The number of amides is 2. The lowest BCUT2D eigenvalue weighted by Gasteiger charge is -2.17. The highest BCUT2D eigenvalue weighted by Crippen LogP contribution is 2.29. The Kier molecular flexibility index (Phi) is 5.95. The van der Waals surface area contributed by atoms with Gasteiger partial charge in [0.2, 0.25) is 0 Å². The predicted octanol–water partition coefficient (Wildman–Crippen LogP) is 3.26. The number of likely N-dealkylation sites (N-methyl/N-ethyl adjacent to an activating group) is 1. The predicted molar refractivity (Wildman–Crippen MR) is 120 cm³/mol. The normalized spacial score (nSPS) is 13.3. The second-order valence-electron chi connectivity index (χ2n) is 8.01. The Morgan fingerprint density at radius 2 is 1.90 bits per heavy atom. The first kappa shape index (κ1) is 20.9. The first-order valence-electron chi connectivity index (χ1n) is 10.6. The molecule has 0 saturated heterocycles. The molecule has 2 amide bonds. The van der Waals surface area contributed by atoms with E-state index in [-0.39, 0.29) is 6.54 Å². The number of carbonyl (C=O) groups excluding carboxylic acids is 2. The van der Waals surface area contributed by atoms with Crippen LogP contribution in [0, 0.1) is 6.92 Å². The Labute approximate surface area is 182 Å². The Hall–Kier alpha value is -3.32. The first-order valence-corrected chi connectivity index (χ1v) is 10.6. The van der Waals surface area contributed by atoms with E-state index in [9.17, 15) is 9.59 Å². The third-order valence-corrected chi connectivity index (χ3v) is 5.60. The molecule has 2 heterocycles. The van der Waals surface area contributed by atoms with Crippen LogP contribution in [0.2, 0.25) is 0 Å². The maximum atomic E-state index is 12.7. The van der Waals surface area contributed by atoms with Crippen LogP contribution in [-0.4, -0.2) is 45.2 Å². The second kappa shape index (κ2) is 8.81. The molecule has 0 saturated carbocycles. The van der Waals surface area contributed by atoms with Gasteiger partial charge in [-0.3, -0.25) is 14.5 Å². The van der Waals surface area contributed by atoms with Crippen LogP contribution in [0.15, 0.2) is 42.5 Å². The average Bonchev–Trinajstić information content (AvgIpc) is 3.17. The zero-order valence-corrected chi connectivity index (χ0v) is 18.2. The van der Waals surface area contributed by atoms with Gasteiger partial charge < -0.3 is 10.2 Å². The van der Waals surface area contributed by atoms with E-state index >= 15 is 0 Å². The number of hydrogen-bond donors (Lipinski definition) is 1. The van der Waals surface area contributed by atoms with Gasteiger partial charge in [0, 0.05) is 36.9 Å². The molecule has 0 unspecified atom stereocenters. The van der Waals surface area contributed by atoms with Crippen LogP contribution in [0.3, 0.4) is 0 Å².